The lowest BCUT2D eigenvalue weighted by molar-refractivity contribution is -0.327. The van der Waals surface area contributed by atoms with Gasteiger partial charge in [0.05, 0.1) is 12.2 Å². The summed E-state index contributed by atoms with van der Waals surface area (Å²) >= 11 is 5.49. The van der Waals surface area contributed by atoms with Gasteiger partial charge in [0.1, 0.15) is 12.7 Å². The van der Waals surface area contributed by atoms with Gasteiger partial charge < -0.3 is 29.8 Å². The van der Waals surface area contributed by atoms with E-state index >= 15 is 0 Å². The van der Waals surface area contributed by atoms with Gasteiger partial charge in [-0.25, -0.2) is 4.57 Å². The maximum Gasteiger partial charge on any atom is 0.469 e. The van der Waals surface area contributed by atoms with Gasteiger partial charge >= 0.3 is 7.82 Å². The molecular weight excluding hydrogens is 278 g/mol. The third-order valence-corrected chi connectivity index (χ3v) is 3.12. The van der Waals surface area contributed by atoms with E-state index < -0.39 is 38.5 Å². The first kappa shape index (κ1) is 15.3. The second-order valence-electron chi connectivity index (χ2n) is 3.75. The molecule has 0 radical (unpaired) electrons. The Balaban J connectivity index is 2.72. The van der Waals surface area contributed by atoms with E-state index in [0.29, 0.717) is 0 Å². The SMILES string of the molecule is O=P(O)(O)OC[C@]1(O)OC(CCl)CC(O)C1O. The predicted octanol–water partition coefficient (Wildman–Crippen LogP) is -1.47. The van der Waals surface area contributed by atoms with Crippen LogP contribution < -0.4 is 0 Å². The Labute approximate surface area is 102 Å². The molecule has 1 heterocycles. The first-order chi connectivity index (χ1) is 7.68. The van der Waals surface area contributed by atoms with Crippen LogP contribution in [0.3, 0.4) is 0 Å². The Bertz CT molecular complexity index is 308. The topological polar surface area (TPSA) is 137 Å². The van der Waals surface area contributed by atoms with Crippen LogP contribution in [0, 0.1) is 0 Å². The van der Waals surface area contributed by atoms with Crippen molar-refractivity contribution in [1.29, 1.82) is 0 Å². The fourth-order valence-corrected chi connectivity index (χ4v) is 2.04. The molecule has 102 valence electrons. The number of rotatable bonds is 4. The fourth-order valence-electron chi connectivity index (χ4n) is 1.50. The van der Waals surface area contributed by atoms with Crippen LogP contribution in [0.15, 0.2) is 0 Å². The number of halogens is 1. The Morgan fingerprint density at radius 2 is 2.06 bits per heavy atom. The molecule has 0 aromatic rings. The summed E-state index contributed by atoms with van der Waals surface area (Å²) < 4.78 is 19.5. The third-order valence-electron chi connectivity index (χ3n) is 2.31. The molecule has 5 N–H and O–H groups in total. The minimum atomic E-state index is -4.82. The number of aliphatic hydroxyl groups excluding tert-OH is 2. The Morgan fingerprint density at radius 1 is 1.47 bits per heavy atom. The number of alkyl halides is 1. The number of phosphoric acid groups is 1. The van der Waals surface area contributed by atoms with Crippen molar-refractivity contribution in [3.8, 4) is 0 Å². The monoisotopic (exact) mass is 292 g/mol. The molecule has 1 aliphatic heterocycles. The predicted molar refractivity (Wildman–Crippen MR) is 55.2 cm³/mol. The summed E-state index contributed by atoms with van der Waals surface area (Å²) in [6.07, 6.45) is -3.81. The molecule has 0 spiro atoms. The van der Waals surface area contributed by atoms with E-state index in [9.17, 15) is 19.9 Å². The summed E-state index contributed by atoms with van der Waals surface area (Å²) in [4.78, 5) is 17.0. The van der Waals surface area contributed by atoms with Crippen molar-refractivity contribution in [2.24, 2.45) is 0 Å². The molecule has 4 atom stereocenters. The first-order valence-corrected chi connectivity index (χ1v) is 6.77. The van der Waals surface area contributed by atoms with Gasteiger partial charge in [-0.05, 0) is 0 Å². The highest BCUT2D eigenvalue weighted by atomic mass is 35.5. The van der Waals surface area contributed by atoms with E-state index in [0.717, 1.165) is 0 Å². The minimum absolute atomic E-state index is 0.00286. The summed E-state index contributed by atoms with van der Waals surface area (Å²) in [5.41, 5.74) is 0. The number of hydrogen-bond acceptors (Lipinski definition) is 6. The van der Waals surface area contributed by atoms with Crippen molar-refractivity contribution < 1.29 is 38.9 Å². The maximum absolute atomic E-state index is 10.5. The van der Waals surface area contributed by atoms with Crippen molar-refractivity contribution >= 4 is 19.4 Å². The molecule has 0 bridgehead atoms. The number of phosphoric ester groups is 1. The molecule has 1 aliphatic rings. The number of hydrogen-bond donors (Lipinski definition) is 5. The third kappa shape index (κ3) is 4.13. The zero-order valence-corrected chi connectivity index (χ0v) is 10.3. The van der Waals surface area contributed by atoms with Crippen LogP contribution in [-0.4, -0.2) is 61.7 Å². The molecular formula is C7H14ClO8P. The molecule has 8 nitrogen and oxygen atoms in total. The van der Waals surface area contributed by atoms with Crippen LogP contribution in [0.25, 0.3) is 0 Å². The van der Waals surface area contributed by atoms with Gasteiger partial charge in [0.2, 0.25) is 5.79 Å². The second-order valence-corrected chi connectivity index (χ2v) is 5.30. The molecule has 17 heavy (non-hydrogen) atoms. The Hall–Kier alpha value is 0.240. The molecule has 1 rings (SSSR count). The van der Waals surface area contributed by atoms with E-state index in [4.69, 9.17) is 26.1 Å². The van der Waals surface area contributed by atoms with Crippen LogP contribution in [0.2, 0.25) is 0 Å². The van der Waals surface area contributed by atoms with Crippen LogP contribution in [0.5, 0.6) is 0 Å². The van der Waals surface area contributed by atoms with Gasteiger partial charge in [-0.2, -0.15) is 0 Å². The fraction of sp³-hybridized carbons (Fsp3) is 1.00. The maximum atomic E-state index is 10.5. The zero-order chi connectivity index (χ0) is 13.3. The smallest absolute Gasteiger partial charge is 0.390 e. The van der Waals surface area contributed by atoms with Crippen LogP contribution >= 0.6 is 19.4 Å². The lowest BCUT2D eigenvalue weighted by atomic mass is 9.96. The van der Waals surface area contributed by atoms with Crippen molar-refractivity contribution in [1.82, 2.24) is 0 Å². The Morgan fingerprint density at radius 3 is 2.53 bits per heavy atom. The average Bonchev–Trinajstić information content (AvgIpc) is 2.22. The largest absolute Gasteiger partial charge is 0.469 e. The first-order valence-electron chi connectivity index (χ1n) is 4.70. The molecule has 1 saturated heterocycles. The molecule has 0 aromatic heterocycles. The minimum Gasteiger partial charge on any atom is -0.390 e. The van der Waals surface area contributed by atoms with E-state index in [-0.39, 0.29) is 12.3 Å². The van der Waals surface area contributed by atoms with E-state index in [1.165, 1.54) is 0 Å². The highest BCUT2D eigenvalue weighted by molar-refractivity contribution is 7.46. The van der Waals surface area contributed by atoms with Gasteiger partial charge in [-0.1, -0.05) is 0 Å². The van der Waals surface area contributed by atoms with Crippen LogP contribution in [0.4, 0.5) is 0 Å². The quantitative estimate of drug-likeness (QED) is 0.313. The normalized spacial score (nSPS) is 39.3. The van der Waals surface area contributed by atoms with Crippen LogP contribution in [0.1, 0.15) is 6.42 Å². The lowest BCUT2D eigenvalue weighted by Crippen LogP contribution is -2.60. The van der Waals surface area contributed by atoms with Gasteiger partial charge in [0, 0.05) is 12.3 Å². The highest BCUT2D eigenvalue weighted by Crippen LogP contribution is 2.39. The summed E-state index contributed by atoms with van der Waals surface area (Å²) in [5, 5.41) is 28.8. The molecule has 0 aromatic carbocycles. The summed E-state index contributed by atoms with van der Waals surface area (Å²) in [7, 11) is -4.82. The van der Waals surface area contributed by atoms with Crippen molar-refractivity contribution in [3.63, 3.8) is 0 Å². The van der Waals surface area contributed by atoms with E-state index in [1.807, 2.05) is 0 Å². The zero-order valence-electron chi connectivity index (χ0n) is 8.64. The molecule has 0 amide bonds. The molecule has 10 heteroatoms. The standard InChI is InChI=1S/C7H14ClO8P/c8-2-4-1-5(9)6(10)7(11,16-4)3-15-17(12,13)14/h4-6,9-11H,1-3H2,(H2,12,13,14)/t4?,5?,6?,7-/m0/s1. The van der Waals surface area contributed by atoms with Gasteiger partial charge in [-0.3, -0.25) is 4.52 Å². The van der Waals surface area contributed by atoms with E-state index in [2.05, 4.69) is 4.52 Å². The van der Waals surface area contributed by atoms with Gasteiger partial charge in [-0.15, -0.1) is 11.6 Å². The van der Waals surface area contributed by atoms with Gasteiger partial charge in [0.15, 0.2) is 0 Å². The van der Waals surface area contributed by atoms with E-state index in [1.54, 1.807) is 0 Å². The van der Waals surface area contributed by atoms with Crippen molar-refractivity contribution in [2.45, 2.75) is 30.5 Å². The van der Waals surface area contributed by atoms with Crippen molar-refractivity contribution in [2.75, 3.05) is 12.5 Å². The average molecular weight is 293 g/mol. The molecule has 0 saturated carbocycles. The van der Waals surface area contributed by atoms with Gasteiger partial charge in [0.25, 0.3) is 0 Å². The lowest BCUT2D eigenvalue weighted by Gasteiger charge is -2.42. The molecule has 0 aliphatic carbocycles. The highest BCUT2D eigenvalue weighted by Gasteiger charge is 2.49. The summed E-state index contributed by atoms with van der Waals surface area (Å²) in [6.45, 7) is -0.983. The second kappa shape index (κ2) is 5.48. The van der Waals surface area contributed by atoms with Crippen LogP contribution in [-0.2, 0) is 13.8 Å². The van der Waals surface area contributed by atoms with Crippen molar-refractivity contribution in [3.05, 3.63) is 0 Å². The number of aliphatic hydroxyl groups is 3. The summed E-state index contributed by atoms with van der Waals surface area (Å²) in [6, 6.07) is 0. The molecule has 3 unspecified atom stereocenters. The Kier molecular flexibility index (Phi) is 4.93. The molecule has 1 fully saturated rings. The summed E-state index contributed by atoms with van der Waals surface area (Å²) in [5.74, 6) is -2.46. The number of ether oxygens (including phenoxy) is 1.